The summed E-state index contributed by atoms with van der Waals surface area (Å²) in [4.78, 5) is 12.4. The van der Waals surface area contributed by atoms with Crippen molar-refractivity contribution >= 4 is 6.09 Å². The van der Waals surface area contributed by atoms with Crippen molar-refractivity contribution in [3.63, 3.8) is 0 Å². The number of rotatable bonds is 4. The Labute approximate surface area is 101 Å². The topological polar surface area (TPSA) is 29.5 Å². The van der Waals surface area contributed by atoms with Crippen molar-refractivity contribution in [1.82, 2.24) is 4.90 Å². The minimum Gasteiger partial charge on any atom is -0.453 e. The van der Waals surface area contributed by atoms with Gasteiger partial charge in [-0.05, 0) is 19.8 Å². The molecular formula is C13H29NO2. The zero-order valence-corrected chi connectivity index (χ0v) is 12.0. The molecular weight excluding hydrogens is 202 g/mol. The van der Waals surface area contributed by atoms with Gasteiger partial charge in [-0.15, -0.1) is 0 Å². The van der Waals surface area contributed by atoms with Gasteiger partial charge < -0.3 is 9.64 Å². The number of hydrogen-bond donors (Lipinski definition) is 0. The van der Waals surface area contributed by atoms with Crippen molar-refractivity contribution in [3.8, 4) is 0 Å². The zero-order chi connectivity index (χ0) is 13.4. The molecule has 1 amide bonds. The highest BCUT2D eigenvalue weighted by atomic mass is 16.5. The first-order chi connectivity index (χ1) is 7.72. The lowest BCUT2D eigenvalue weighted by atomic mass is 10.3. The first-order valence-corrected chi connectivity index (χ1v) is 6.12. The quantitative estimate of drug-likeness (QED) is 0.538. The molecule has 0 saturated carbocycles. The van der Waals surface area contributed by atoms with E-state index in [-0.39, 0.29) is 6.09 Å². The molecule has 0 aromatic carbocycles. The monoisotopic (exact) mass is 231 g/mol. The second-order valence-corrected chi connectivity index (χ2v) is 2.60. The van der Waals surface area contributed by atoms with E-state index in [9.17, 15) is 4.79 Å². The summed E-state index contributed by atoms with van der Waals surface area (Å²) in [6.45, 7) is 10.7. The van der Waals surface area contributed by atoms with Crippen molar-refractivity contribution in [2.45, 2.75) is 47.5 Å². The van der Waals surface area contributed by atoms with Crippen molar-refractivity contribution in [2.75, 3.05) is 20.7 Å². The van der Waals surface area contributed by atoms with E-state index < -0.39 is 0 Å². The highest BCUT2D eigenvalue weighted by molar-refractivity contribution is 5.66. The van der Waals surface area contributed by atoms with Crippen LogP contribution in [0.25, 0.3) is 0 Å². The molecule has 0 radical (unpaired) electrons. The summed E-state index contributed by atoms with van der Waals surface area (Å²) in [6.07, 6.45) is 5.83. The summed E-state index contributed by atoms with van der Waals surface area (Å²) in [7, 11) is 3.13. The van der Waals surface area contributed by atoms with Gasteiger partial charge >= 0.3 is 6.09 Å². The molecule has 0 aromatic rings. The maximum Gasteiger partial charge on any atom is 0.409 e. The molecule has 3 nitrogen and oxygen atoms in total. The Bertz CT molecular complexity index is 156. The summed E-state index contributed by atoms with van der Waals surface area (Å²) >= 11 is 0. The lowest BCUT2D eigenvalue weighted by Gasteiger charge is -2.14. The second kappa shape index (κ2) is 19.6. The Morgan fingerprint density at radius 2 is 1.75 bits per heavy atom. The van der Waals surface area contributed by atoms with Crippen LogP contribution < -0.4 is 0 Å². The van der Waals surface area contributed by atoms with Gasteiger partial charge in [0.15, 0.2) is 0 Å². The van der Waals surface area contributed by atoms with E-state index in [1.54, 1.807) is 11.9 Å². The van der Waals surface area contributed by atoms with Gasteiger partial charge in [0.05, 0.1) is 7.11 Å². The standard InChI is InChI=1S/C9H17NO2.2C2H6/c1-4-5-6-7-8-10(2)9(11)12-3;2*1-2/h4-5H,6-8H2,1-3H3;2*1-2H3/b5-4-;;. The maximum atomic E-state index is 10.9. The van der Waals surface area contributed by atoms with E-state index >= 15 is 0 Å². The molecule has 0 heterocycles. The molecule has 98 valence electrons. The highest BCUT2D eigenvalue weighted by Crippen LogP contribution is 1.95. The zero-order valence-electron chi connectivity index (χ0n) is 12.0. The van der Waals surface area contributed by atoms with Gasteiger partial charge in [-0.25, -0.2) is 4.79 Å². The Morgan fingerprint density at radius 3 is 2.12 bits per heavy atom. The average molecular weight is 231 g/mol. The van der Waals surface area contributed by atoms with E-state index in [0.29, 0.717) is 0 Å². The number of hydrogen-bond acceptors (Lipinski definition) is 2. The van der Waals surface area contributed by atoms with Crippen LogP contribution >= 0.6 is 0 Å². The number of carbonyl (C=O) groups is 1. The van der Waals surface area contributed by atoms with Crippen LogP contribution in [0, 0.1) is 0 Å². The highest BCUT2D eigenvalue weighted by Gasteiger charge is 2.05. The number of methoxy groups -OCH3 is 1. The molecule has 3 heteroatoms. The summed E-state index contributed by atoms with van der Waals surface area (Å²) in [5.41, 5.74) is 0. The minimum atomic E-state index is -0.268. The SMILES string of the molecule is C/C=C\CCCN(C)C(=O)OC.CC.CC. The third kappa shape index (κ3) is 15.5. The van der Waals surface area contributed by atoms with E-state index in [0.717, 1.165) is 19.4 Å². The molecule has 0 aromatic heterocycles. The fourth-order valence-corrected chi connectivity index (χ4v) is 0.860. The van der Waals surface area contributed by atoms with E-state index in [4.69, 9.17) is 0 Å². The normalized spacial score (nSPS) is 8.44. The van der Waals surface area contributed by atoms with Crippen LogP contribution in [0.5, 0.6) is 0 Å². The molecule has 0 spiro atoms. The van der Waals surface area contributed by atoms with Crippen molar-refractivity contribution < 1.29 is 9.53 Å². The Balaban J connectivity index is -0.000000376. The predicted molar refractivity (Wildman–Crippen MR) is 71.8 cm³/mol. The van der Waals surface area contributed by atoms with E-state index in [1.165, 1.54) is 7.11 Å². The summed E-state index contributed by atoms with van der Waals surface area (Å²) in [6, 6.07) is 0. The maximum absolute atomic E-state index is 10.9. The van der Waals surface area contributed by atoms with Gasteiger partial charge in [-0.3, -0.25) is 0 Å². The third-order valence-corrected chi connectivity index (χ3v) is 1.59. The van der Waals surface area contributed by atoms with Crippen LogP contribution in [0.1, 0.15) is 47.5 Å². The van der Waals surface area contributed by atoms with Crippen LogP contribution in [0.3, 0.4) is 0 Å². The number of ether oxygens (including phenoxy) is 1. The Kier molecular flexibility index (Phi) is 25.0. The fraction of sp³-hybridized carbons (Fsp3) is 0.769. The summed E-state index contributed by atoms with van der Waals surface area (Å²) < 4.78 is 4.54. The van der Waals surface area contributed by atoms with Crippen LogP contribution in [0.15, 0.2) is 12.2 Å². The molecule has 0 aliphatic heterocycles. The Hall–Kier alpha value is -0.990. The molecule has 0 unspecified atom stereocenters. The largest absolute Gasteiger partial charge is 0.453 e. The Morgan fingerprint density at radius 1 is 1.25 bits per heavy atom. The molecule has 0 N–H and O–H groups in total. The molecule has 0 saturated heterocycles. The van der Waals surface area contributed by atoms with Gasteiger partial charge in [0, 0.05) is 13.6 Å². The lowest BCUT2D eigenvalue weighted by Crippen LogP contribution is -2.27. The molecule has 0 atom stereocenters. The number of amides is 1. The smallest absolute Gasteiger partial charge is 0.409 e. The number of unbranched alkanes of at least 4 members (excludes halogenated alkanes) is 1. The van der Waals surface area contributed by atoms with Crippen molar-refractivity contribution in [2.24, 2.45) is 0 Å². The number of carbonyl (C=O) groups excluding carboxylic acids is 1. The van der Waals surface area contributed by atoms with Crippen molar-refractivity contribution in [3.05, 3.63) is 12.2 Å². The first-order valence-electron chi connectivity index (χ1n) is 6.12. The molecule has 0 aliphatic rings. The van der Waals surface area contributed by atoms with Crippen LogP contribution in [-0.4, -0.2) is 31.7 Å². The van der Waals surface area contributed by atoms with Crippen LogP contribution in [0.2, 0.25) is 0 Å². The van der Waals surface area contributed by atoms with Gasteiger partial charge in [-0.2, -0.15) is 0 Å². The predicted octanol–water partition coefficient (Wildman–Crippen LogP) is 4.09. The summed E-state index contributed by atoms with van der Waals surface area (Å²) in [5.74, 6) is 0. The van der Waals surface area contributed by atoms with E-state index in [2.05, 4.69) is 10.8 Å². The first kappa shape index (κ1) is 20.4. The summed E-state index contributed by atoms with van der Waals surface area (Å²) in [5, 5.41) is 0. The van der Waals surface area contributed by atoms with E-state index in [1.807, 2.05) is 40.7 Å². The number of nitrogens with zero attached hydrogens (tertiary/aromatic N) is 1. The fourth-order valence-electron chi connectivity index (χ4n) is 0.860. The molecule has 0 rings (SSSR count). The minimum absolute atomic E-state index is 0.268. The van der Waals surface area contributed by atoms with Crippen molar-refractivity contribution in [1.29, 1.82) is 0 Å². The van der Waals surface area contributed by atoms with Crippen LogP contribution in [-0.2, 0) is 4.74 Å². The van der Waals surface area contributed by atoms with Crippen LogP contribution in [0.4, 0.5) is 4.79 Å². The van der Waals surface area contributed by atoms with Gasteiger partial charge in [0.25, 0.3) is 0 Å². The average Bonchev–Trinajstić information content (AvgIpc) is 2.38. The second-order valence-electron chi connectivity index (χ2n) is 2.60. The van der Waals surface area contributed by atoms with Gasteiger partial charge in [-0.1, -0.05) is 39.8 Å². The van der Waals surface area contributed by atoms with Gasteiger partial charge in [0.1, 0.15) is 0 Å². The number of allylic oxidation sites excluding steroid dienone is 2. The molecule has 0 bridgehead atoms. The molecule has 0 aliphatic carbocycles. The lowest BCUT2D eigenvalue weighted by molar-refractivity contribution is 0.133. The molecule has 16 heavy (non-hydrogen) atoms. The molecule has 0 fully saturated rings. The van der Waals surface area contributed by atoms with Gasteiger partial charge in [0.2, 0.25) is 0 Å². The third-order valence-electron chi connectivity index (χ3n) is 1.59.